The number of hydrogen-bond acceptors (Lipinski definition) is 7. The largest absolute Gasteiger partial charge is 0.333 e. The van der Waals surface area contributed by atoms with Gasteiger partial charge in [-0.25, -0.2) is 4.79 Å². The van der Waals surface area contributed by atoms with Gasteiger partial charge in [0.2, 0.25) is 5.91 Å². The minimum atomic E-state index is -0.526. The summed E-state index contributed by atoms with van der Waals surface area (Å²) in [4.78, 5) is 29.5. The molecular formula is C23H22N6O2S2. The Morgan fingerprint density at radius 3 is 2.61 bits per heavy atom. The lowest BCUT2D eigenvalue weighted by molar-refractivity contribution is -0.117. The molecular weight excluding hydrogens is 456 g/mol. The van der Waals surface area contributed by atoms with Crippen molar-refractivity contribution in [2.45, 2.75) is 25.5 Å². The van der Waals surface area contributed by atoms with E-state index < -0.39 is 11.9 Å². The Morgan fingerprint density at radius 1 is 1.06 bits per heavy atom. The van der Waals surface area contributed by atoms with Crippen LogP contribution in [-0.2, 0) is 11.3 Å². The monoisotopic (exact) mass is 478 g/mol. The molecule has 3 amide bonds. The zero-order valence-electron chi connectivity index (χ0n) is 18.1. The highest BCUT2D eigenvalue weighted by molar-refractivity contribution is 7.99. The predicted octanol–water partition coefficient (Wildman–Crippen LogP) is 4.13. The van der Waals surface area contributed by atoms with Gasteiger partial charge in [-0.1, -0.05) is 23.9 Å². The summed E-state index contributed by atoms with van der Waals surface area (Å²) < 4.78 is 1.91. The van der Waals surface area contributed by atoms with E-state index >= 15 is 0 Å². The number of benzene rings is 1. The molecule has 0 saturated carbocycles. The number of thiophene rings is 1. The molecule has 0 aliphatic rings. The highest BCUT2D eigenvalue weighted by Crippen LogP contribution is 2.28. The van der Waals surface area contributed by atoms with Gasteiger partial charge in [0.05, 0.1) is 18.0 Å². The maximum Gasteiger partial charge on any atom is 0.321 e. The maximum atomic E-state index is 12.4. The molecule has 0 aliphatic carbocycles. The molecule has 0 fully saturated rings. The number of thioether (sulfide) groups is 1. The zero-order chi connectivity index (χ0) is 23.2. The van der Waals surface area contributed by atoms with Gasteiger partial charge in [0.1, 0.15) is 0 Å². The van der Waals surface area contributed by atoms with Crippen molar-refractivity contribution >= 4 is 35.0 Å². The Balaban J connectivity index is 1.49. The van der Waals surface area contributed by atoms with Gasteiger partial charge in [-0.3, -0.25) is 19.7 Å². The molecule has 8 nitrogen and oxygen atoms in total. The SMILES string of the molecule is Cc1ccc(-n2c(SCC(=O)NC(=O)NCc3cccs3)nnc2-c2ccncc2)cc1C. The number of hydrogen-bond donors (Lipinski definition) is 2. The fraction of sp³-hybridized carbons (Fsp3) is 0.174. The summed E-state index contributed by atoms with van der Waals surface area (Å²) in [6.45, 7) is 4.48. The topological polar surface area (TPSA) is 102 Å². The van der Waals surface area contributed by atoms with Crippen molar-refractivity contribution in [2.24, 2.45) is 0 Å². The van der Waals surface area contributed by atoms with Gasteiger partial charge in [0, 0.05) is 22.8 Å². The molecule has 0 bridgehead atoms. The number of aromatic nitrogens is 4. The smallest absolute Gasteiger partial charge is 0.321 e. The third-order valence-corrected chi connectivity index (χ3v) is 6.71. The van der Waals surface area contributed by atoms with Crippen LogP contribution in [-0.4, -0.2) is 37.4 Å². The third kappa shape index (κ3) is 5.65. The van der Waals surface area contributed by atoms with Gasteiger partial charge in [-0.2, -0.15) is 0 Å². The molecule has 0 atom stereocenters. The van der Waals surface area contributed by atoms with E-state index in [1.54, 1.807) is 12.4 Å². The average Bonchev–Trinajstić information content (AvgIpc) is 3.49. The van der Waals surface area contributed by atoms with Crippen molar-refractivity contribution in [2.75, 3.05) is 5.75 Å². The van der Waals surface area contributed by atoms with E-state index in [-0.39, 0.29) is 5.75 Å². The predicted molar refractivity (Wildman–Crippen MR) is 129 cm³/mol. The number of aryl methyl sites for hydroxylation is 2. The van der Waals surface area contributed by atoms with Gasteiger partial charge < -0.3 is 5.32 Å². The maximum absolute atomic E-state index is 12.4. The summed E-state index contributed by atoms with van der Waals surface area (Å²) in [7, 11) is 0. The molecule has 0 radical (unpaired) electrons. The summed E-state index contributed by atoms with van der Waals surface area (Å²) in [6, 6.07) is 13.1. The number of rotatable bonds is 7. The Morgan fingerprint density at radius 2 is 1.88 bits per heavy atom. The Bertz CT molecular complexity index is 1260. The second-order valence-electron chi connectivity index (χ2n) is 7.24. The zero-order valence-corrected chi connectivity index (χ0v) is 19.7. The molecule has 0 saturated heterocycles. The first-order valence-corrected chi connectivity index (χ1v) is 12.0. The van der Waals surface area contributed by atoms with E-state index in [9.17, 15) is 9.59 Å². The normalized spacial score (nSPS) is 10.7. The summed E-state index contributed by atoms with van der Waals surface area (Å²) in [6.07, 6.45) is 3.40. The van der Waals surface area contributed by atoms with E-state index in [1.807, 2.05) is 53.3 Å². The molecule has 0 unspecified atom stereocenters. The van der Waals surface area contributed by atoms with Crippen molar-refractivity contribution in [3.05, 3.63) is 76.2 Å². The second kappa shape index (κ2) is 10.4. The van der Waals surface area contributed by atoms with Crippen LogP contribution in [0.3, 0.4) is 0 Å². The molecule has 168 valence electrons. The van der Waals surface area contributed by atoms with Crippen LogP contribution in [0.25, 0.3) is 17.1 Å². The minimum absolute atomic E-state index is 0.0196. The first-order valence-electron chi connectivity index (χ1n) is 10.2. The second-order valence-corrected chi connectivity index (χ2v) is 9.22. The fourth-order valence-corrected chi connectivity index (χ4v) is 4.46. The lowest BCUT2D eigenvalue weighted by Crippen LogP contribution is -2.39. The van der Waals surface area contributed by atoms with Crippen LogP contribution in [0.1, 0.15) is 16.0 Å². The minimum Gasteiger partial charge on any atom is -0.333 e. The molecule has 2 N–H and O–H groups in total. The van der Waals surface area contributed by atoms with Crippen molar-refractivity contribution in [3.63, 3.8) is 0 Å². The summed E-state index contributed by atoms with van der Waals surface area (Å²) >= 11 is 2.76. The van der Waals surface area contributed by atoms with E-state index in [4.69, 9.17) is 0 Å². The van der Waals surface area contributed by atoms with Crippen molar-refractivity contribution in [1.29, 1.82) is 0 Å². The van der Waals surface area contributed by atoms with Gasteiger partial charge in [-0.05, 0) is 60.7 Å². The molecule has 4 aromatic rings. The summed E-state index contributed by atoms with van der Waals surface area (Å²) in [5.41, 5.74) is 4.07. The van der Waals surface area contributed by atoms with Gasteiger partial charge in [0.15, 0.2) is 11.0 Å². The van der Waals surface area contributed by atoms with E-state index in [0.29, 0.717) is 17.5 Å². The number of imide groups is 1. The third-order valence-electron chi connectivity index (χ3n) is 4.91. The van der Waals surface area contributed by atoms with Crippen LogP contribution in [0.2, 0.25) is 0 Å². The highest BCUT2D eigenvalue weighted by atomic mass is 32.2. The number of nitrogens with zero attached hydrogens (tertiary/aromatic N) is 4. The van der Waals surface area contributed by atoms with Crippen molar-refractivity contribution in [3.8, 4) is 17.1 Å². The first-order chi connectivity index (χ1) is 16.0. The van der Waals surface area contributed by atoms with Crippen molar-refractivity contribution < 1.29 is 9.59 Å². The molecule has 3 heterocycles. The average molecular weight is 479 g/mol. The number of urea groups is 1. The summed E-state index contributed by atoms with van der Waals surface area (Å²) in [5, 5.41) is 16.2. The van der Waals surface area contributed by atoms with Crippen molar-refractivity contribution in [1.82, 2.24) is 30.4 Å². The van der Waals surface area contributed by atoms with E-state index in [0.717, 1.165) is 21.7 Å². The van der Waals surface area contributed by atoms with Crippen LogP contribution < -0.4 is 10.6 Å². The molecule has 33 heavy (non-hydrogen) atoms. The quantitative estimate of drug-likeness (QED) is 0.387. The lowest BCUT2D eigenvalue weighted by Gasteiger charge is -2.12. The van der Waals surface area contributed by atoms with Crippen LogP contribution in [0.15, 0.2) is 65.4 Å². The Labute approximate surface area is 199 Å². The molecule has 4 rings (SSSR count). The van der Waals surface area contributed by atoms with Crippen LogP contribution in [0.5, 0.6) is 0 Å². The fourth-order valence-electron chi connectivity index (χ4n) is 3.07. The highest BCUT2D eigenvalue weighted by Gasteiger charge is 2.18. The lowest BCUT2D eigenvalue weighted by atomic mass is 10.1. The molecule has 1 aromatic carbocycles. The van der Waals surface area contributed by atoms with E-state index in [2.05, 4.69) is 38.8 Å². The molecule has 10 heteroatoms. The standard InChI is InChI=1S/C23H22N6O2S2/c1-15-5-6-18(12-16(15)2)29-21(17-7-9-24-10-8-17)27-28-23(29)33-14-20(30)26-22(31)25-13-19-4-3-11-32-19/h3-12H,13-14H2,1-2H3,(H2,25,26,30,31). The Hall–Kier alpha value is -3.50. The number of pyridine rings is 1. The number of amides is 3. The van der Waals surface area contributed by atoms with Gasteiger partial charge in [-0.15, -0.1) is 21.5 Å². The first kappa shape index (κ1) is 22.7. The summed E-state index contributed by atoms with van der Waals surface area (Å²) in [5.74, 6) is 0.257. The number of nitrogens with one attached hydrogen (secondary N) is 2. The van der Waals surface area contributed by atoms with Crippen LogP contribution in [0, 0.1) is 13.8 Å². The molecule has 0 aliphatic heterocycles. The molecule has 0 spiro atoms. The molecule has 3 aromatic heterocycles. The van der Waals surface area contributed by atoms with E-state index in [1.165, 1.54) is 28.7 Å². The Kier molecular flexibility index (Phi) is 7.16. The number of carbonyl (C=O) groups excluding carboxylic acids is 2. The number of carbonyl (C=O) groups is 2. The van der Waals surface area contributed by atoms with Gasteiger partial charge >= 0.3 is 6.03 Å². The van der Waals surface area contributed by atoms with Gasteiger partial charge in [0.25, 0.3) is 0 Å². The van der Waals surface area contributed by atoms with Crippen LogP contribution in [0.4, 0.5) is 4.79 Å². The van der Waals surface area contributed by atoms with Crippen LogP contribution >= 0.6 is 23.1 Å².